The lowest BCUT2D eigenvalue weighted by atomic mass is 10.0. The summed E-state index contributed by atoms with van der Waals surface area (Å²) in [6, 6.07) is 12.6. The average molecular weight is 243 g/mol. The number of hydrogen-bond acceptors (Lipinski definition) is 4. The number of benzene rings is 2. The SMILES string of the molecule is Nc1ccc(C(O)c2ccc3c(c2)OCO3)cc1. The van der Waals surface area contributed by atoms with Gasteiger partial charge in [-0.2, -0.15) is 0 Å². The van der Waals surface area contributed by atoms with E-state index in [-0.39, 0.29) is 6.79 Å². The summed E-state index contributed by atoms with van der Waals surface area (Å²) in [6.07, 6.45) is -0.694. The first kappa shape index (κ1) is 10.9. The minimum Gasteiger partial charge on any atom is -0.454 e. The Morgan fingerprint density at radius 2 is 1.61 bits per heavy atom. The van der Waals surface area contributed by atoms with Crippen molar-refractivity contribution in [1.29, 1.82) is 0 Å². The third kappa shape index (κ3) is 1.87. The molecule has 1 heterocycles. The van der Waals surface area contributed by atoms with Gasteiger partial charge in [-0.3, -0.25) is 0 Å². The zero-order chi connectivity index (χ0) is 12.5. The molecule has 1 aliphatic heterocycles. The first-order chi connectivity index (χ1) is 8.74. The van der Waals surface area contributed by atoms with Gasteiger partial charge >= 0.3 is 0 Å². The zero-order valence-corrected chi connectivity index (χ0v) is 9.67. The summed E-state index contributed by atoms with van der Waals surface area (Å²) in [7, 11) is 0. The second-order valence-electron chi connectivity index (χ2n) is 4.18. The molecule has 0 spiro atoms. The van der Waals surface area contributed by atoms with Crippen LogP contribution in [0.25, 0.3) is 0 Å². The number of hydrogen-bond donors (Lipinski definition) is 2. The van der Waals surface area contributed by atoms with E-state index in [9.17, 15) is 5.11 Å². The monoisotopic (exact) mass is 243 g/mol. The van der Waals surface area contributed by atoms with Crippen LogP contribution in [0, 0.1) is 0 Å². The van der Waals surface area contributed by atoms with Gasteiger partial charge < -0.3 is 20.3 Å². The molecule has 0 bridgehead atoms. The summed E-state index contributed by atoms with van der Waals surface area (Å²) in [5.74, 6) is 1.38. The maximum absolute atomic E-state index is 10.3. The van der Waals surface area contributed by atoms with Crippen LogP contribution in [0.2, 0.25) is 0 Å². The second kappa shape index (κ2) is 4.23. The number of fused-ring (bicyclic) bond motifs is 1. The molecular weight excluding hydrogens is 230 g/mol. The summed E-state index contributed by atoms with van der Waals surface area (Å²) in [6.45, 7) is 0.233. The lowest BCUT2D eigenvalue weighted by Crippen LogP contribution is -1.99. The van der Waals surface area contributed by atoms with Crippen LogP contribution in [-0.4, -0.2) is 11.9 Å². The van der Waals surface area contributed by atoms with Gasteiger partial charge in [0.1, 0.15) is 6.10 Å². The van der Waals surface area contributed by atoms with Gasteiger partial charge in [0.25, 0.3) is 0 Å². The van der Waals surface area contributed by atoms with Crippen molar-refractivity contribution in [2.24, 2.45) is 0 Å². The zero-order valence-electron chi connectivity index (χ0n) is 9.67. The number of nitrogens with two attached hydrogens (primary N) is 1. The highest BCUT2D eigenvalue weighted by Crippen LogP contribution is 2.35. The van der Waals surface area contributed by atoms with E-state index >= 15 is 0 Å². The van der Waals surface area contributed by atoms with Crippen LogP contribution < -0.4 is 15.2 Å². The van der Waals surface area contributed by atoms with E-state index in [1.165, 1.54) is 0 Å². The van der Waals surface area contributed by atoms with Gasteiger partial charge in [-0.1, -0.05) is 18.2 Å². The molecule has 1 unspecified atom stereocenters. The number of aliphatic hydroxyl groups excluding tert-OH is 1. The smallest absolute Gasteiger partial charge is 0.231 e. The molecule has 0 saturated heterocycles. The molecule has 0 radical (unpaired) electrons. The maximum Gasteiger partial charge on any atom is 0.231 e. The van der Waals surface area contributed by atoms with Gasteiger partial charge in [0.15, 0.2) is 11.5 Å². The van der Waals surface area contributed by atoms with Gasteiger partial charge in [0.05, 0.1) is 0 Å². The number of nitrogen functional groups attached to an aromatic ring is 1. The molecule has 0 aliphatic carbocycles. The van der Waals surface area contributed by atoms with Crippen LogP contribution >= 0.6 is 0 Å². The highest BCUT2D eigenvalue weighted by molar-refractivity contribution is 5.47. The van der Waals surface area contributed by atoms with Crippen molar-refractivity contribution in [2.45, 2.75) is 6.10 Å². The van der Waals surface area contributed by atoms with E-state index in [1.54, 1.807) is 24.3 Å². The Hall–Kier alpha value is -2.20. The fourth-order valence-electron chi connectivity index (χ4n) is 1.95. The first-order valence-electron chi connectivity index (χ1n) is 5.67. The molecule has 0 saturated carbocycles. The van der Waals surface area contributed by atoms with E-state index in [1.807, 2.05) is 18.2 Å². The Balaban J connectivity index is 1.92. The van der Waals surface area contributed by atoms with E-state index in [0.29, 0.717) is 17.2 Å². The predicted molar refractivity (Wildman–Crippen MR) is 67.5 cm³/mol. The fraction of sp³-hybridized carbons (Fsp3) is 0.143. The lowest BCUT2D eigenvalue weighted by molar-refractivity contribution is 0.173. The Labute approximate surface area is 105 Å². The van der Waals surface area contributed by atoms with Crippen molar-refractivity contribution in [3.63, 3.8) is 0 Å². The molecule has 3 rings (SSSR count). The van der Waals surface area contributed by atoms with Gasteiger partial charge in [-0.05, 0) is 35.4 Å². The van der Waals surface area contributed by atoms with Crippen molar-refractivity contribution in [2.75, 3.05) is 12.5 Å². The van der Waals surface area contributed by atoms with Crippen molar-refractivity contribution in [3.8, 4) is 11.5 Å². The minimum absolute atomic E-state index is 0.233. The number of aliphatic hydroxyl groups is 1. The Morgan fingerprint density at radius 3 is 2.39 bits per heavy atom. The summed E-state index contributed by atoms with van der Waals surface area (Å²) >= 11 is 0. The van der Waals surface area contributed by atoms with Crippen molar-refractivity contribution in [3.05, 3.63) is 53.6 Å². The van der Waals surface area contributed by atoms with Crippen LogP contribution in [-0.2, 0) is 0 Å². The Kier molecular flexibility index (Phi) is 2.57. The maximum atomic E-state index is 10.3. The summed E-state index contributed by atoms with van der Waals surface area (Å²) in [5, 5.41) is 10.3. The standard InChI is InChI=1S/C14H13NO3/c15-11-4-1-9(2-5-11)14(16)10-3-6-12-13(7-10)18-8-17-12/h1-7,14,16H,8,15H2. The number of rotatable bonds is 2. The lowest BCUT2D eigenvalue weighted by Gasteiger charge is -2.12. The predicted octanol–water partition coefficient (Wildman–Crippen LogP) is 2.08. The molecule has 1 aliphatic rings. The van der Waals surface area contributed by atoms with Gasteiger partial charge in [0, 0.05) is 5.69 Å². The third-order valence-corrected chi connectivity index (χ3v) is 2.96. The highest BCUT2D eigenvalue weighted by Gasteiger charge is 2.17. The molecular formula is C14H13NO3. The average Bonchev–Trinajstić information content (AvgIpc) is 2.86. The van der Waals surface area contributed by atoms with Crippen LogP contribution in [0.15, 0.2) is 42.5 Å². The van der Waals surface area contributed by atoms with Gasteiger partial charge in [0.2, 0.25) is 6.79 Å². The normalized spacial score (nSPS) is 14.5. The number of anilines is 1. The molecule has 18 heavy (non-hydrogen) atoms. The van der Waals surface area contributed by atoms with E-state index in [4.69, 9.17) is 15.2 Å². The molecule has 0 aromatic heterocycles. The van der Waals surface area contributed by atoms with Crippen molar-refractivity contribution in [1.82, 2.24) is 0 Å². The fourth-order valence-corrected chi connectivity index (χ4v) is 1.95. The Morgan fingerprint density at radius 1 is 0.944 bits per heavy atom. The van der Waals surface area contributed by atoms with Crippen LogP contribution in [0.1, 0.15) is 17.2 Å². The largest absolute Gasteiger partial charge is 0.454 e. The van der Waals surface area contributed by atoms with Crippen LogP contribution in [0.4, 0.5) is 5.69 Å². The first-order valence-corrected chi connectivity index (χ1v) is 5.67. The summed E-state index contributed by atoms with van der Waals surface area (Å²) in [5.41, 5.74) is 7.86. The molecule has 4 heteroatoms. The number of ether oxygens (including phenoxy) is 2. The van der Waals surface area contributed by atoms with Gasteiger partial charge in [-0.15, -0.1) is 0 Å². The summed E-state index contributed by atoms with van der Waals surface area (Å²) in [4.78, 5) is 0. The van der Waals surface area contributed by atoms with Crippen LogP contribution in [0.3, 0.4) is 0 Å². The minimum atomic E-state index is -0.694. The van der Waals surface area contributed by atoms with Crippen molar-refractivity contribution >= 4 is 5.69 Å². The second-order valence-corrected chi connectivity index (χ2v) is 4.18. The van der Waals surface area contributed by atoms with E-state index < -0.39 is 6.10 Å². The quantitative estimate of drug-likeness (QED) is 0.792. The molecule has 2 aromatic rings. The van der Waals surface area contributed by atoms with Crippen LogP contribution in [0.5, 0.6) is 11.5 Å². The molecule has 3 N–H and O–H groups in total. The molecule has 2 aromatic carbocycles. The molecule has 1 atom stereocenters. The Bertz CT molecular complexity index is 566. The molecule has 0 fully saturated rings. The topological polar surface area (TPSA) is 64.7 Å². The summed E-state index contributed by atoms with van der Waals surface area (Å²) < 4.78 is 10.5. The molecule has 4 nitrogen and oxygen atoms in total. The van der Waals surface area contributed by atoms with Gasteiger partial charge in [-0.25, -0.2) is 0 Å². The molecule has 0 amide bonds. The van der Waals surface area contributed by atoms with Crippen molar-refractivity contribution < 1.29 is 14.6 Å². The van der Waals surface area contributed by atoms with E-state index in [0.717, 1.165) is 11.1 Å². The molecule has 92 valence electrons. The van der Waals surface area contributed by atoms with E-state index in [2.05, 4.69) is 0 Å². The highest BCUT2D eigenvalue weighted by atomic mass is 16.7. The third-order valence-electron chi connectivity index (χ3n) is 2.96.